The molecule has 0 saturated carbocycles. The lowest BCUT2D eigenvalue weighted by Crippen LogP contribution is -2.60. The summed E-state index contributed by atoms with van der Waals surface area (Å²) in [7, 11) is 1.88. The Morgan fingerprint density at radius 2 is 1.68 bits per heavy atom. The molecular formula is C30H20Cl2N2O3. The molecule has 2 spiro atoms. The largest absolute Gasteiger partial charge is 0.405 e. The Labute approximate surface area is 223 Å². The summed E-state index contributed by atoms with van der Waals surface area (Å²) < 4.78 is 5.94. The van der Waals surface area contributed by atoms with Gasteiger partial charge in [-0.3, -0.25) is 9.69 Å². The van der Waals surface area contributed by atoms with Crippen LogP contribution >= 0.6 is 23.2 Å². The van der Waals surface area contributed by atoms with Gasteiger partial charge in [0.15, 0.2) is 11.3 Å². The molecule has 2 heterocycles. The zero-order valence-electron chi connectivity index (χ0n) is 19.7. The summed E-state index contributed by atoms with van der Waals surface area (Å²) in [4.78, 5) is 35.9. The fourth-order valence-corrected chi connectivity index (χ4v) is 6.92. The maximum Gasteiger partial charge on any atom is 0.344 e. The number of aliphatic imine (C=N–C) groups is 1. The van der Waals surface area contributed by atoms with Gasteiger partial charge in [-0.2, -0.15) is 0 Å². The number of carbonyl (C=O) groups excluding carboxylic acids is 2. The average molecular weight is 527 g/mol. The summed E-state index contributed by atoms with van der Waals surface area (Å²) in [5, 5.41) is 2.59. The second kappa shape index (κ2) is 7.75. The van der Waals surface area contributed by atoms with Gasteiger partial charge in [0.2, 0.25) is 5.90 Å². The van der Waals surface area contributed by atoms with Crippen LogP contribution in [0.15, 0.2) is 89.9 Å². The Kier molecular flexibility index (Phi) is 4.75. The van der Waals surface area contributed by atoms with Crippen molar-refractivity contribution < 1.29 is 14.3 Å². The van der Waals surface area contributed by atoms with E-state index in [1.54, 1.807) is 12.1 Å². The Morgan fingerprint density at radius 3 is 2.43 bits per heavy atom. The van der Waals surface area contributed by atoms with Crippen molar-refractivity contribution in [2.45, 2.75) is 17.0 Å². The Balaban J connectivity index is 1.57. The second-order valence-corrected chi connectivity index (χ2v) is 10.6. The van der Waals surface area contributed by atoms with Crippen molar-refractivity contribution in [3.63, 3.8) is 0 Å². The van der Waals surface area contributed by atoms with E-state index in [1.807, 2.05) is 84.7 Å². The number of Topliss-reactive ketones (excluding diaryl/α,β-unsaturated/α-hetero) is 1. The van der Waals surface area contributed by atoms with E-state index in [0.717, 1.165) is 21.9 Å². The van der Waals surface area contributed by atoms with E-state index in [0.29, 0.717) is 27.7 Å². The fourth-order valence-electron chi connectivity index (χ4n) is 6.62. The molecule has 4 aromatic rings. The number of halogens is 2. The van der Waals surface area contributed by atoms with E-state index in [1.165, 1.54) is 0 Å². The number of rotatable bonds is 2. The van der Waals surface area contributed by atoms with Gasteiger partial charge in [-0.1, -0.05) is 83.9 Å². The van der Waals surface area contributed by atoms with E-state index in [9.17, 15) is 9.59 Å². The molecule has 0 amide bonds. The molecule has 1 fully saturated rings. The van der Waals surface area contributed by atoms with Crippen LogP contribution in [0.4, 0.5) is 0 Å². The third-order valence-corrected chi connectivity index (χ3v) is 8.84. The summed E-state index contributed by atoms with van der Waals surface area (Å²) in [5.74, 6) is -1.01. The lowest BCUT2D eigenvalue weighted by molar-refractivity contribution is -0.142. The van der Waals surface area contributed by atoms with Crippen LogP contribution in [-0.4, -0.2) is 41.7 Å². The zero-order chi connectivity index (χ0) is 25.5. The average Bonchev–Trinajstić information content (AvgIpc) is 3.49. The number of ether oxygens (including phenoxy) is 1. The van der Waals surface area contributed by atoms with Crippen LogP contribution < -0.4 is 0 Å². The van der Waals surface area contributed by atoms with Gasteiger partial charge in [-0.15, -0.1) is 0 Å². The summed E-state index contributed by atoms with van der Waals surface area (Å²) >= 11 is 12.7. The Morgan fingerprint density at radius 1 is 0.919 bits per heavy atom. The molecule has 0 bridgehead atoms. The first kappa shape index (κ1) is 22.7. The molecule has 182 valence electrons. The van der Waals surface area contributed by atoms with Gasteiger partial charge in [0.1, 0.15) is 5.54 Å². The van der Waals surface area contributed by atoms with Gasteiger partial charge < -0.3 is 4.74 Å². The van der Waals surface area contributed by atoms with Crippen molar-refractivity contribution in [1.29, 1.82) is 0 Å². The molecule has 7 heteroatoms. The molecule has 0 aromatic heterocycles. The van der Waals surface area contributed by atoms with Crippen molar-refractivity contribution in [3.05, 3.63) is 117 Å². The number of cyclic esters (lactones) is 1. The number of carbonyl (C=O) groups is 2. The van der Waals surface area contributed by atoms with Gasteiger partial charge in [-0.25, -0.2) is 9.79 Å². The number of likely N-dealkylation sites (tertiary alicyclic amines) is 1. The highest BCUT2D eigenvalue weighted by molar-refractivity contribution is 6.42. The van der Waals surface area contributed by atoms with Gasteiger partial charge in [-0.05, 0) is 53.2 Å². The van der Waals surface area contributed by atoms with Gasteiger partial charge in [0.05, 0.1) is 10.0 Å². The predicted octanol–water partition coefficient (Wildman–Crippen LogP) is 6.01. The molecule has 7 rings (SSSR count). The predicted molar refractivity (Wildman–Crippen MR) is 144 cm³/mol. The highest BCUT2D eigenvalue weighted by atomic mass is 35.5. The smallest absolute Gasteiger partial charge is 0.344 e. The molecule has 4 aromatic carbocycles. The third-order valence-electron chi connectivity index (χ3n) is 8.10. The summed E-state index contributed by atoms with van der Waals surface area (Å²) in [6.07, 6.45) is 0. The first-order chi connectivity index (χ1) is 17.9. The van der Waals surface area contributed by atoms with Crippen LogP contribution in [0.3, 0.4) is 0 Å². The number of hydrogen-bond acceptors (Lipinski definition) is 5. The summed E-state index contributed by atoms with van der Waals surface area (Å²) in [6.45, 7) is 0.384. The molecule has 3 atom stereocenters. The molecule has 1 aliphatic carbocycles. The minimum Gasteiger partial charge on any atom is -0.405 e. The molecule has 37 heavy (non-hydrogen) atoms. The zero-order valence-corrected chi connectivity index (χ0v) is 21.3. The minimum absolute atomic E-state index is 0.153. The molecule has 1 saturated heterocycles. The lowest BCUT2D eigenvalue weighted by Gasteiger charge is -2.40. The monoisotopic (exact) mass is 526 g/mol. The number of ketones is 1. The van der Waals surface area contributed by atoms with Crippen LogP contribution in [0.1, 0.15) is 33.0 Å². The molecule has 2 aliphatic heterocycles. The summed E-state index contributed by atoms with van der Waals surface area (Å²) in [5.41, 5.74) is -0.166. The normalized spacial score (nSPS) is 26.5. The standard InChI is InChI=1S/C30H20Cl2N2O3/c1-34-16-22(19-13-14-23(31)24(32)15-19)29(28(36)37-27(33-29)18-7-3-2-4-8-18)30(34)21-12-6-10-17-9-5-11-20(25(17)21)26(30)35/h2-15,22H,16H2,1H3/t22-,29-,30+/m0/s1. The van der Waals surface area contributed by atoms with Crippen LogP contribution in [0.2, 0.25) is 10.0 Å². The number of fused-ring (bicyclic) bond motifs is 2. The van der Waals surface area contributed by atoms with Crippen molar-refractivity contribution in [2.75, 3.05) is 13.6 Å². The molecule has 0 unspecified atom stereocenters. The molecular weight excluding hydrogens is 507 g/mol. The van der Waals surface area contributed by atoms with Crippen LogP contribution in [0, 0.1) is 0 Å². The van der Waals surface area contributed by atoms with Crippen molar-refractivity contribution >= 4 is 51.6 Å². The van der Waals surface area contributed by atoms with E-state index in [2.05, 4.69) is 0 Å². The Hall–Kier alpha value is -3.51. The Bertz CT molecular complexity index is 1680. The number of nitrogens with zero attached hydrogens (tertiary/aromatic N) is 2. The maximum atomic E-state index is 14.6. The molecule has 0 radical (unpaired) electrons. The van der Waals surface area contributed by atoms with Gasteiger partial charge in [0, 0.05) is 23.6 Å². The number of esters is 1. The lowest BCUT2D eigenvalue weighted by atomic mass is 9.67. The second-order valence-electron chi connectivity index (χ2n) is 9.79. The topological polar surface area (TPSA) is 59.0 Å². The van der Waals surface area contributed by atoms with Crippen molar-refractivity contribution in [3.8, 4) is 0 Å². The van der Waals surface area contributed by atoms with Crippen molar-refractivity contribution in [1.82, 2.24) is 4.90 Å². The van der Waals surface area contributed by atoms with Crippen molar-refractivity contribution in [2.24, 2.45) is 4.99 Å². The van der Waals surface area contributed by atoms with Gasteiger partial charge in [0.25, 0.3) is 0 Å². The molecule has 0 N–H and O–H groups in total. The number of likely N-dealkylation sites (N-methyl/N-ethyl adjacent to an activating group) is 1. The van der Waals surface area contributed by atoms with Crippen LogP contribution in [-0.2, 0) is 15.1 Å². The van der Waals surface area contributed by atoms with E-state index >= 15 is 0 Å². The van der Waals surface area contributed by atoms with Crippen LogP contribution in [0.25, 0.3) is 10.8 Å². The SMILES string of the molecule is CN1C[C@@H](c2ccc(Cl)c(Cl)c2)[C@@]2(N=C(c3ccccc3)OC2=O)[C@@]12C(=O)c1cccc3cccc2c13. The highest BCUT2D eigenvalue weighted by Gasteiger charge is 2.76. The highest BCUT2D eigenvalue weighted by Crippen LogP contribution is 2.62. The van der Waals surface area contributed by atoms with E-state index < -0.39 is 23.0 Å². The van der Waals surface area contributed by atoms with E-state index in [4.69, 9.17) is 32.9 Å². The van der Waals surface area contributed by atoms with E-state index in [-0.39, 0.29) is 11.7 Å². The quantitative estimate of drug-likeness (QED) is 0.300. The van der Waals surface area contributed by atoms with Gasteiger partial charge >= 0.3 is 5.97 Å². The first-order valence-corrected chi connectivity index (χ1v) is 12.8. The number of hydrogen-bond donors (Lipinski definition) is 0. The van der Waals surface area contributed by atoms with Crippen LogP contribution in [0.5, 0.6) is 0 Å². The maximum absolute atomic E-state index is 14.6. The number of benzene rings is 4. The molecule has 3 aliphatic rings. The fraction of sp³-hybridized carbons (Fsp3) is 0.167. The summed E-state index contributed by atoms with van der Waals surface area (Å²) in [6, 6.07) is 26.2. The first-order valence-electron chi connectivity index (χ1n) is 12.0. The molecule has 5 nitrogen and oxygen atoms in total. The third kappa shape index (κ3) is 2.71. The minimum atomic E-state index is -1.57.